The summed E-state index contributed by atoms with van der Waals surface area (Å²) < 4.78 is 11.2. The van der Waals surface area contributed by atoms with Crippen molar-refractivity contribution in [1.29, 1.82) is 0 Å². The zero-order chi connectivity index (χ0) is 21.6. The number of halogens is 1. The van der Waals surface area contributed by atoms with Gasteiger partial charge in [0.05, 0.1) is 0 Å². The average molecular weight is 446 g/mol. The van der Waals surface area contributed by atoms with E-state index in [1.54, 1.807) is 0 Å². The Bertz CT molecular complexity index is 956. The lowest BCUT2D eigenvalue weighted by atomic mass is 10.1. The van der Waals surface area contributed by atoms with Gasteiger partial charge in [0.25, 0.3) is 5.22 Å². The van der Waals surface area contributed by atoms with Crippen LogP contribution in [0.1, 0.15) is 43.8 Å². The number of nitrogens with zero attached hydrogens (tertiary/aromatic N) is 2. The topological polar surface area (TPSA) is 77.2 Å². The summed E-state index contributed by atoms with van der Waals surface area (Å²) in [6.45, 7) is 5.45. The maximum absolute atomic E-state index is 12.3. The molecule has 0 bridgehead atoms. The highest BCUT2D eigenvalue weighted by molar-refractivity contribution is 7.98. The van der Waals surface area contributed by atoms with E-state index in [1.807, 2.05) is 75.4 Å². The molecule has 2 aromatic carbocycles. The molecular weight excluding hydrogens is 422 g/mol. The van der Waals surface area contributed by atoms with Crippen LogP contribution in [0.15, 0.2) is 64.2 Å². The molecule has 1 amide bonds. The largest absolute Gasteiger partial charge is 0.444 e. The molecule has 1 heterocycles. The molecule has 1 N–H and O–H groups in total. The third kappa shape index (κ3) is 7.07. The highest BCUT2D eigenvalue weighted by Gasteiger charge is 2.25. The zero-order valence-electron chi connectivity index (χ0n) is 17.1. The fraction of sp³-hybridized carbons (Fsp3) is 0.318. The van der Waals surface area contributed by atoms with Crippen molar-refractivity contribution in [2.24, 2.45) is 0 Å². The molecule has 6 nitrogen and oxygen atoms in total. The van der Waals surface area contributed by atoms with Crippen molar-refractivity contribution in [2.45, 2.75) is 49.8 Å². The van der Waals surface area contributed by atoms with Crippen LogP contribution < -0.4 is 5.32 Å². The molecule has 0 aliphatic heterocycles. The minimum Gasteiger partial charge on any atom is -0.444 e. The lowest BCUT2D eigenvalue weighted by molar-refractivity contribution is 0.0494. The van der Waals surface area contributed by atoms with Gasteiger partial charge in [-0.3, -0.25) is 0 Å². The Kier molecular flexibility index (Phi) is 7.39. The van der Waals surface area contributed by atoms with Gasteiger partial charge in [-0.15, -0.1) is 10.2 Å². The fourth-order valence-electron chi connectivity index (χ4n) is 2.64. The van der Waals surface area contributed by atoms with Gasteiger partial charge in [-0.25, -0.2) is 4.79 Å². The summed E-state index contributed by atoms with van der Waals surface area (Å²) in [6, 6.07) is 16.9. The van der Waals surface area contributed by atoms with E-state index in [0.717, 1.165) is 11.1 Å². The molecule has 8 heteroatoms. The van der Waals surface area contributed by atoms with Crippen molar-refractivity contribution in [3.8, 4) is 0 Å². The third-order valence-electron chi connectivity index (χ3n) is 3.97. The molecule has 158 valence electrons. The molecule has 0 radical (unpaired) electrons. The third-order valence-corrected chi connectivity index (χ3v) is 5.11. The summed E-state index contributed by atoms with van der Waals surface area (Å²) in [5.74, 6) is 1.00. The maximum atomic E-state index is 12.3. The van der Waals surface area contributed by atoms with Gasteiger partial charge in [-0.1, -0.05) is 65.8 Å². The van der Waals surface area contributed by atoms with Gasteiger partial charge in [0.1, 0.15) is 11.6 Å². The van der Waals surface area contributed by atoms with Crippen LogP contribution in [0.2, 0.25) is 5.02 Å². The number of benzene rings is 2. The molecule has 0 saturated heterocycles. The van der Waals surface area contributed by atoms with Gasteiger partial charge >= 0.3 is 6.09 Å². The van der Waals surface area contributed by atoms with Crippen molar-refractivity contribution >= 4 is 29.5 Å². The van der Waals surface area contributed by atoms with Gasteiger partial charge in [-0.05, 0) is 44.0 Å². The van der Waals surface area contributed by atoms with E-state index in [0.29, 0.717) is 28.3 Å². The van der Waals surface area contributed by atoms with Crippen LogP contribution in [0.4, 0.5) is 4.79 Å². The monoisotopic (exact) mass is 445 g/mol. The molecule has 0 aliphatic rings. The van der Waals surface area contributed by atoms with Crippen LogP contribution in [0.3, 0.4) is 0 Å². The molecule has 1 atom stereocenters. The second-order valence-electron chi connectivity index (χ2n) is 7.71. The minimum absolute atomic E-state index is 0.336. The van der Waals surface area contributed by atoms with E-state index in [-0.39, 0.29) is 0 Å². The number of aromatic nitrogens is 2. The van der Waals surface area contributed by atoms with Crippen molar-refractivity contribution in [3.05, 3.63) is 76.6 Å². The molecule has 1 unspecified atom stereocenters. The van der Waals surface area contributed by atoms with E-state index in [2.05, 4.69) is 15.5 Å². The van der Waals surface area contributed by atoms with E-state index >= 15 is 0 Å². The summed E-state index contributed by atoms with van der Waals surface area (Å²) >= 11 is 7.35. The van der Waals surface area contributed by atoms with Gasteiger partial charge < -0.3 is 14.5 Å². The first kappa shape index (κ1) is 22.2. The van der Waals surface area contributed by atoms with E-state index in [1.165, 1.54) is 11.8 Å². The Morgan fingerprint density at radius 2 is 1.80 bits per heavy atom. The second kappa shape index (κ2) is 10.00. The van der Waals surface area contributed by atoms with Crippen LogP contribution >= 0.6 is 23.4 Å². The molecule has 30 heavy (non-hydrogen) atoms. The van der Waals surface area contributed by atoms with Crippen LogP contribution in [0.25, 0.3) is 0 Å². The number of ether oxygens (including phenoxy) is 1. The Morgan fingerprint density at radius 3 is 2.47 bits per heavy atom. The summed E-state index contributed by atoms with van der Waals surface area (Å²) in [6.07, 6.45) is -0.0270. The smallest absolute Gasteiger partial charge is 0.408 e. The SMILES string of the molecule is CC(C)(C)OC(=O)NC(Cc1ccccc1)c1nnc(SCc2ccc(Cl)cc2)o1. The molecule has 0 saturated carbocycles. The molecule has 1 aromatic heterocycles. The number of hydrogen-bond donors (Lipinski definition) is 1. The van der Waals surface area contributed by atoms with Gasteiger partial charge in [0.15, 0.2) is 0 Å². The molecule has 0 spiro atoms. The number of rotatable bonds is 7. The molecule has 3 rings (SSSR count). The second-order valence-corrected chi connectivity index (χ2v) is 9.07. The first-order chi connectivity index (χ1) is 14.3. The summed E-state index contributed by atoms with van der Waals surface area (Å²) in [7, 11) is 0. The van der Waals surface area contributed by atoms with Crippen LogP contribution in [-0.2, 0) is 16.9 Å². The number of carbonyl (C=O) groups is 1. The fourth-order valence-corrected chi connectivity index (χ4v) is 3.50. The average Bonchev–Trinajstić information content (AvgIpc) is 3.15. The maximum Gasteiger partial charge on any atom is 0.408 e. The zero-order valence-corrected chi connectivity index (χ0v) is 18.7. The Morgan fingerprint density at radius 1 is 1.10 bits per heavy atom. The lowest BCUT2D eigenvalue weighted by Gasteiger charge is -2.22. The van der Waals surface area contributed by atoms with Crippen LogP contribution in [-0.4, -0.2) is 21.9 Å². The van der Waals surface area contributed by atoms with Crippen molar-refractivity contribution in [2.75, 3.05) is 0 Å². The van der Waals surface area contributed by atoms with Gasteiger partial charge in [0, 0.05) is 17.2 Å². The summed E-state index contributed by atoms with van der Waals surface area (Å²) in [5.41, 5.74) is 1.53. The Hall–Kier alpha value is -2.51. The van der Waals surface area contributed by atoms with Gasteiger partial charge in [-0.2, -0.15) is 0 Å². The van der Waals surface area contributed by atoms with Crippen molar-refractivity contribution in [1.82, 2.24) is 15.5 Å². The molecule has 0 fully saturated rings. The first-order valence-electron chi connectivity index (χ1n) is 9.52. The van der Waals surface area contributed by atoms with E-state index < -0.39 is 17.7 Å². The highest BCUT2D eigenvalue weighted by Crippen LogP contribution is 2.26. The molecule has 0 aliphatic carbocycles. The Balaban J connectivity index is 1.70. The number of carbonyl (C=O) groups excluding carboxylic acids is 1. The number of thioether (sulfide) groups is 1. The van der Waals surface area contributed by atoms with Gasteiger partial charge in [0.2, 0.25) is 5.89 Å². The van der Waals surface area contributed by atoms with Crippen LogP contribution in [0.5, 0.6) is 0 Å². The van der Waals surface area contributed by atoms with Crippen molar-refractivity contribution in [3.63, 3.8) is 0 Å². The van der Waals surface area contributed by atoms with Crippen molar-refractivity contribution < 1.29 is 13.9 Å². The summed E-state index contributed by atoms with van der Waals surface area (Å²) in [5, 5.41) is 12.3. The standard InChI is InChI=1S/C22H24ClN3O3S/c1-22(2,3)29-20(27)24-18(13-15-7-5-4-6-8-15)19-25-26-21(28-19)30-14-16-9-11-17(23)12-10-16/h4-12,18H,13-14H2,1-3H3,(H,24,27). The predicted molar refractivity (Wildman–Crippen MR) is 118 cm³/mol. The predicted octanol–water partition coefficient (Wildman–Crippen LogP) is 5.82. The Labute approximate surface area is 185 Å². The number of nitrogens with one attached hydrogen (secondary N) is 1. The number of hydrogen-bond acceptors (Lipinski definition) is 6. The highest BCUT2D eigenvalue weighted by atomic mass is 35.5. The summed E-state index contributed by atoms with van der Waals surface area (Å²) in [4.78, 5) is 12.3. The van der Waals surface area contributed by atoms with Crippen LogP contribution in [0, 0.1) is 0 Å². The van der Waals surface area contributed by atoms with E-state index in [9.17, 15) is 4.79 Å². The molecular formula is C22H24ClN3O3S. The first-order valence-corrected chi connectivity index (χ1v) is 10.9. The normalized spacial score (nSPS) is 12.4. The minimum atomic E-state index is -0.601. The quantitative estimate of drug-likeness (QED) is 0.461. The lowest BCUT2D eigenvalue weighted by Crippen LogP contribution is -2.36. The molecule has 3 aromatic rings. The number of amides is 1. The van der Waals surface area contributed by atoms with E-state index in [4.69, 9.17) is 20.8 Å². The number of alkyl carbamates (subject to hydrolysis) is 1.